The first-order valence-electron chi connectivity index (χ1n) is 10.7. The summed E-state index contributed by atoms with van der Waals surface area (Å²) in [4.78, 5) is 11.3. The third kappa shape index (κ3) is 5.76. The molecule has 0 spiro atoms. The van der Waals surface area contributed by atoms with Crippen LogP contribution in [0.15, 0.2) is 22.7 Å². The van der Waals surface area contributed by atoms with Gasteiger partial charge in [0.1, 0.15) is 30.7 Å². The van der Waals surface area contributed by atoms with Gasteiger partial charge in [-0.05, 0) is 38.5 Å². The maximum Gasteiger partial charge on any atom is 0.508 e. The summed E-state index contributed by atoms with van der Waals surface area (Å²) in [6, 6.07) is 4.42. The number of carbonyl (C=O) groups excluding carboxylic acids is 1. The van der Waals surface area contributed by atoms with Gasteiger partial charge in [-0.2, -0.15) is 0 Å². The molecular weight excluding hydrogens is 535 g/mol. The lowest BCUT2D eigenvalue weighted by Gasteiger charge is -2.44. The summed E-state index contributed by atoms with van der Waals surface area (Å²) in [6.45, 7) is 4.82. The summed E-state index contributed by atoms with van der Waals surface area (Å²) in [5, 5.41) is 46.4. The van der Waals surface area contributed by atoms with Gasteiger partial charge in [0.2, 0.25) is 5.88 Å². The van der Waals surface area contributed by atoms with Gasteiger partial charge in [0, 0.05) is 28.2 Å². The highest BCUT2D eigenvalue weighted by molar-refractivity contribution is 9.10. The Morgan fingerprint density at radius 3 is 2.60 bits per heavy atom. The van der Waals surface area contributed by atoms with Crippen LogP contribution in [-0.2, 0) is 20.6 Å². The minimum atomic E-state index is -2.89. The minimum absolute atomic E-state index is 0.0270. The van der Waals surface area contributed by atoms with Gasteiger partial charge >= 0.3 is 12.1 Å². The van der Waals surface area contributed by atoms with Crippen molar-refractivity contribution in [3.63, 3.8) is 0 Å². The van der Waals surface area contributed by atoms with Gasteiger partial charge in [-0.1, -0.05) is 22.0 Å². The molecule has 2 heterocycles. The van der Waals surface area contributed by atoms with Gasteiger partial charge in [-0.15, -0.1) is 5.10 Å². The highest BCUT2D eigenvalue weighted by atomic mass is 79.9. The molecule has 0 saturated carbocycles. The lowest BCUT2D eigenvalue weighted by Crippen LogP contribution is -2.67. The second-order valence-corrected chi connectivity index (χ2v) is 9.32. The van der Waals surface area contributed by atoms with Gasteiger partial charge in [0.25, 0.3) is 0 Å². The van der Waals surface area contributed by atoms with Crippen molar-refractivity contribution >= 4 is 22.1 Å². The number of aliphatic hydroxyl groups is 4. The highest BCUT2D eigenvalue weighted by Gasteiger charge is 2.56. The molecule has 3 rings (SSSR count). The fraction of sp³-hybridized carbons (Fsp3) is 0.545. The molecule has 0 unspecified atom stereocenters. The number of ether oxygens (including phenoxy) is 4. The van der Waals surface area contributed by atoms with E-state index in [1.807, 2.05) is 13.8 Å². The number of hydrogen-bond donors (Lipinski definition) is 4. The summed E-state index contributed by atoms with van der Waals surface area (Å²) in [5.74, 6) is -3.55. The first-order valence-corrected chi connectivity index (χ1v) is 11.5. The predicted molar refractivity (Wildman–Crippen MR) is 121 cm³/mol. The molecule has 1 aromatic carbocycles. The zero-order valence-corrected chi connectivity index (χ0v) is 21.1. The number of hydrogen-bond acceptors (Lipinski definition) is 10. The number of benzene rings is 1. The Balaban J connectivity index is 1.95. The van der Waals surface area contributed by atoms with E-state index in [0.29, 0.717) is 21.3 Å². The lowest BCUT2D eigenvalue weighted by molar-refractivity contribution is -0.423. The second kappa shape index (κ2) is 10.8. The first kappa shape index (κ1) is 27.3. The first-order chi connectivity index (χ1) is 16.4. The summed E-state index contributed by atoms with van der Waals surface area (Å²) >= 11 is 3.21. The van der Waals surface area contributed by atoms with E-state index in [2.05, 4.69) is 25.8 Å². The molecule has 1 saturated heterocycles. The molecule has 1 aliphatic rings. The molecule has 194 valence electrons. The van der Waals surface area contributed by atoms with Crippen molar-refractivity contribution in [3.8, 4) is 5.88 Å². The Morgan fingerprint density at radius 1 is 1.31 bits per heavy atom. The van der Waals surface area contributed by atoms with E-state index in [9.17, 15) is 29.6 Å². The molecule has 1 fully saturated rings. The summed E-state index contributed by atoms with van der Waals surface area (Å²) in [5.41, 5.74) is 1.32. The van der Waals surface area contributed by atoms with Crippen LogP contribution in [0.3, 0.4) is 0 Å². The quantitative estimate of drug-likeness (QED) is 0.289. The number of halogens is 2. The SMILES string of the molecule is COC(=O)OC[C@H]1O[C@@](O)(Oc2nn(C(C)C)c(C)c2Cc2ccc(Br)cc2F)[C@H](O)[C@@H](O)[C@@H]1O. The summed E-state index contributed by atoms with van der Waals surface area (Å²) < 4.78 is 36.7. The fourth-order valence-corrected chi connectivity index (χ4v) is 4.05. The number of aromatic nitrogens is 2. The van der Waals surface area contributed by atoms with E-state index in [4.69, 9.17) is 14.2 Å². The van der Waals surface area contributed by atoms with Crippen molar-refractivity contribution in [2.45, 2.75) is 63.6 Å². The van der Waals surface area contributed by atoms with Gasteiger partial charge < -0.3 is 39.4 Å². The Labute approximate surface area is 209 Å². The van der Waals surface area contributed by atoms with E-state index in [0.717, 1.165) is 7.11 Å². The maximum atomic E-state index is 14.6. The van der Waals surface area contributed by atoms with Gasteiger partial charge in [0.15, 0.2) is 6.10 Å². The van der Waals surface area contributed by atoms with Crippen molar-refractivity contribution in [2.24, 2.45) is 0 Å². The molecule has 0 aliphatic carbocycles. The summed E-state index contributed by atoms with van der Waals surface area (Å²) in [7, 11) is 1.07. The molecule has 11 nitrogen and oxygen atoms in total. The number of aliphatic hydroxyl groups excluding tert-OH is 3. The zero-order chi connectivity index (χ0) is 26.1. The third-order valence-corrected chi connectivity index (χ3v) is 6.13. The number of methoxy groups -OCH3 is 1. The zero-order valence-electron chi connectivity index (χ0n) is 19.5. The Morgan fingerprint density at radius 2 is 2.00 bits per heavy atom. The summed E-state index contributed by atoms with van der Waals surface area (Å²) in [6.07, 6.45) is -8.34. The molecule has 1 aromatic heterocycles. The molecule has 0 amide bonds. The van der Waals surface area contributed by atoms with Crippen molar-refractivity contribution in [1.82, 2.24) is 9.78 Å². The average Bonchev–Trinajstić information content (AvgIpc) is 3.10. The Bertz CT molecular complexity index is 1070. The third-order valence-electron chi connectivity index (χ3n) is 5.63. The largest absolute Gasteiger partial charge is 0.508 e. The van der Waals surface area contributed by atoms with Crippen LogP contribution in [0.2, 0.25) is 0 Å². The van der Waals surface area contributed by atoms with Crippen LogP contribution >= 0.6 is 15.9 Å². The van der Waals surface area contributed by atoms with E-state index in [1.165, 1.54) is 6.07 Å². The van der Waals surface area contributed by atoms with Gasteiger partial charge in [-0.3, -0.25) is 4.68 Å². The van der Waals surface area contributed by atoms with Crippen LogP contribution in [0.5, 0.6) is 5.88 Å². The van der Waals surface area contributed by atoms with Crippen LogP contribution < -0.4 is 4.74 Å². The molecule has 0 bridgehead atoms. The minimum Gasteiger partial charge on any atom is -0.438 e. The van der Waals surface area contributed by atoms with E-state index in [1.54, 1.807) is 23.7 Å². The normalized spacial score (nSPS) is 26.6. The van der Waals surface area contributed by atoms with Crippen molar-refractivity contribution in [1.29, 1.82) is 0 Å². The van der Waals surface area contributed by atoms with E-state index >= 15 is 0 Å². The van der Waals surface area contributed by atoms with Crippen molar-refractivity contribution in [2.75, 3.05) is 13.7 Å². The van der Waals surface area contributed by atoms with Crippen LogP contribution in [0.1, 0.15) is 36.7 Å². The van der Waals surface area contributed by atoms with E-state index in [-0.39, 0.29) is 18.3 Å². The van der Waals surface area contributed by atoms with Crippen LogP contribution in [0.25, 0.3) is 0 Å². The van der Waals surface area contributed by atoms with Crippen molar-refractivity contribution < 1.29 is 48.6 Å². The maximum absolute atomic E-state index is 14.6. The van der Waals surface area contributed by atoms with Gasteiger partial charge in [-0.25, -0.2) is 9.18 Å². The van der Waals surface area contributed by atoms with E-state index < -0.39 is 49.0 Å². The van der Waals surface area contributed by atoms with Crippen molar-refractivity contribution in [3.05, 3.63) is 45.3 Å². The lowest BCUT2D eigenvalue weighted by atomic mass is 9.97. The molecule has 4 N–H and O–H groups in total. The topological polar surface area (TPSA) is 153 Å². The standard InChI is InChI=1S/C22H28BrFN2O9/c1-10(2)26-11(3)14(7-12-5-6-13(23)8-15(12)24)20(25-26)35-22(31)19(29)18(28)17(27)16(34-22)9-33-21(30)32-4/h5-6,8,10,16-19,27-29,31H,7,9H2,1-4H3/t16-,17-,18+,19-,22-/m1/s1. The van der Waals surface area contributed by atoms with Crippen LogP contribution in [-0.4, -0.2) is 80.5 Å². The number of rotatable bonds is 7. The molecule has 2 aromatic rings. The molecule has 35 heavy (non-hydrogen) atoms. The molecule has 1 aliphatic heterocycles. The van der Waals surface area contributed by atoms with Gasteiger partial charge in [0.05, 0.1) is 7.11 Å². The molecular formula is C22H28BrFN2O9. The molecule has 0 radical (unpaired) electrons. The fourth-order valence-electron chi connectivity index (χ4n) is 3.71. The number of nitrogens with zero attached hydrogens (tertiary/aromatic N) is 2. The van der Waals surface area contributed by atoms with Crippen LogP contribution in [0, 0.1) is 12.7 Å². The number of carbonyl (C=O) groups is 1. The Hall–Kier alpha value is -2.29. The smallest absolute Gasteiger partial charge is 0.438 e. The monoisotopic (exact) mass is 562 g/mol. The molecule has 5 atom stereocenters. The predicted octanol–water partition coefficient (Wildman–Crippen LogP) is 1.55. The highest BCUT2D eigenvalue weighted by Crippen LogP contribution is 2.35. The Kier molecular flexibility index (Phi) is 8.40. The van der Waals surface area contributed by atoms with Crippen LogP contribution in [0.4, 0.5) is 9.18 Å². The molecule has 13 heteroatoms. The average molecular weight is 563 g/mol. The second-order valence-electron chi connectivity index (χ2n) is 8.40.